The summed E-state index contributed by atoms with van der Waals surface area (Å²) in [5.41, 5.74) is 2.86. The number of anilines is 1. The number of hydrogen-bond donors (Lipinski definition) is 1. The van der Waals surface area contributed by atoms with Crippen LogP contribution in [0, 0.1) is 12.3 Å². The van der Waals surface area contributed by atoms with E-state index in [9.17, 15) is 4.79 Å². The molecule has 0 radical (unpaired) electrons. The normalized spacial score (nSPS) is 22.3. The van der Waals surface area contributed by atoms with Crippen molar-refractivity contribution in [3.8, 4) is 0 Å². The summed E-state index contributed by atoms with van der Waals surface area (Å²) in [6.45, 7) is 12.4. The molecule has 0 saturated carbocycles. The van der Waals surface area contributed by atoms with E-state index in [2.05, 4.69) is 36.1 Å². The summed E-state index contributed by atoms with van der Waals surface area (Å²) in [6, 6.07) is 2.15. The molecule has 0 aliphatic carbocycles. The molecule has 6 nitrogen and oxygen atoms in total. The standard InChI is InChI=1S/C20H30N4O2/c1-6-15-9-13(2)21-19(22-15)23-16-10-20(4,5)12-24(11-16)18(25)17-7-8-26-14(17)3/h9,16H,6-8,10-12H2,1-5H3,(H,21,22,23). The zero-order valence-electron chi connectivity index (χ0n) is 16.6. The number of aromatic nitrogens is 2. The second-order valence-electron chi connectivity index (χ2n) is 8.21. The molecule has 3 heterocycles. The van der Waals surface area contributed by atoms with Crippen molar-refractivity contribution in [2.75, 3.05) is 25.0 Å². The number of aryl methyl sites for hydroxylation is 2. The first-order valence-electron chi connectivity index (χ1n) is 9.50. The van der Waals surface area contributed by atoms with Crippen molar-refractivity contribution in [1.29, 1.82) is 0 Å². The smallest absolute Gasteiger partial charge is 0.253 e. The molecule has 142 valence electrons. The third-order valence-corrected chi connectivity index (χ3v) is 5.10. The highest BCUT2D eigenvalue weighted by atomic mass is 16.5. The molecule has 0 bridgehead atoms. The third-order valence-electron chi connectivity index (χ3n) is 5.10. The Hall–Kier alpha value is -2.11. The summed E-state index contributed by atoms with van der Waals surface area (Å²) >= 11 is 0. The van der Waals surface area contributed by atoms with Crippen LogP contribution < -0.4 is 5.32 Å². The van der Waals surface area contributed by atoms with Crippen LogP contribution in [0.2, 0.25) is 0 Å². The van der Waals surface area contributed by atoms with Gasteiger partial charge in [-0.05, 0) is 38.2 Å². The molecule has 0 aromatic carbocycles. The van der Waals surface area contributed by atoms with E-state index >= 15 is 0 Å². The van der Waals surface area contributed by atoms with Gasteiger partial charge in [-0.15, -0.1) is 0 Å². The summed E-state index contributed by atoms with van der Waals surface area (Å²) in [7, 11) is 0. The van der Waals surface area contributed by atoms with Gasteiger partial charge in [0, 0.05) is 36.9 Å². The number of rotatable bonds is 4. The SMILES string of the molecule is CCc1cc(C)nc(NC2CN(C(=O)C3=C(C)OCC3)CC(C)(C)C2)n1. The molecule has 1 N–H and O–H groups in total. The van der Waals surface area contributed by atoms with Gasteiger partial charge < -0.3 is 15.0 Å². The number of carbonyl (C=O) groups is 1. The first-order valence-corrected chi connectivity index (χ1v) is 9.50. The molecule has 0 spiro atoms. The molecular weight excluding hydrogens is 328 g/mol. The lowest BCUT2D eigenvalue weighted by atomic mass is 9.81. The van der Waals surface area contributed by atoms with Crippen molar-refractivity contribution in [3.63, 3.8) is 0 Å². The molecule has 1 saturated heterocycles. The maximum absolute atomic E-state index is 13.0. The van der Waals surface area contributed by atoms with Gasteiger partial charge in [0.15, 0.2) is 0 Å². The summed E-state index contributed by atoms with van der Waals surface area (Å²) in [6.07, 6.45) is 2.57. The molecule has 1 unspecified atom stereocenters. The molecule has 1 fully saturated rings. The monoisotopic (exact) mass is 358 g/mol. The Labute approximate surface area is 156 Å². The molecule has 1 atom stereocenters. The first-order chi connectivity index (χ1) is 12.3. The fourth-order valence-electron chi connectivity index (χ4n) is 3.97. The quantitative estimate of drug-likeness (QED) is 0.896. The summed E-state index contributed by atoms with van der Waals surface area (Å²) in [5, 5.41) is 3.48. The number of hydrogen-bond acceptors (Lipinski definition) is 5. The van der Waals surface area contributed by atoms with E-state index in [1.165, 1.54) is 0 Å². The maximum Gasteiger partial charge on any atom is 0.253 e. The Balaban J connectivity index is 1.77. The molecule has 26 heavy (non-hydrogen) atoms. The van der Waals surface area contributed by atoms with Crippen LogP contribution in [-0.2, 0) is 16.0 Å². The fourth-order valence-corrected chi connectivity index (χ4v) is 3.97. The predicted octanol–water partition coefficient (Wildman–Crippen LogP) is 3.08. The van der Waals surface area contributed by atoms with Crippen LogP contribution in [0.4, 0.5) is 5.95 Å². The van der Waals surface area contributed by atoms with E-state index in [0.29, 0.717) is 25.5 Å². The second-order valence-corrected chi connectivity index (χ2v) is 8.21. The maximum atomic E-state index is 13.0. The Morgan fingerprint density at radius 1 is 1.38 bits per heavy atom. The molecule has 3 rings (SSSR count). The van der Waals surface area contributed by atoms with E-state index in [0.717, 1.165) is 42.1 Å². The highest BCUT2D eigenvalue weighted by Crippen LogP contribution is 2.32. The third kappa shape index (κ3) is 4.17. The molecule has 2 aliphatic rings. The Morgan fingerprint density at radius 3 is 2.81 bits per heavy atom. The van der Waals surface area contributed by atoms with Crippen LogP contribution in [-0.4, -0.2) is 46.5 Å². The number of amides is 1. The van der Waals surface area contributed by atoms with Gasteiger partial charge in [0.1, 0.15) is 5.76 Å². The minimum Gasteiger partial charge on any atom is -0.497 e. The van der Waals surface area contributed by atoms with Gasteiger partial charge in [-0.25, -0.2) is 9.97 Å². The van der Waals surface area contributed by atoms with Gasteiger partial charge >= 0.3 is 0 Å². The van der Waals surface area contributed by atoms with Crippen molar-refractivity contribution < 1.29 is 9.53 Å². The lowest BCUT2D eigenvalue weighted by Gasteiger charge is -2.43. The first kappa shape index (κ1) is 18.7. The number of nitrogens with one attached hydrogen (secondary N) is 1. The zero-order valence-corrected chi connectivity index (χ0v) is 16.6. The molecule has 1 aromatic heterocycles. The van der Waals surface area contributed by atoms with Gasteiger partial charge in [-0.1, -0.05) is 20.8 Å². The lowest BCUT2D eigenvalue weighted by molar-refractivity contribution is -0.130. The average molecular weight is 358 g/mol. The average Bonchev–Trinajstić information content (AvgIpc) is 2.98. The minimum atomic E-state index is 0.0386. The van der Waals surface area contributed by atoms with Gasteiger partial charge in [0.25, 0.3) is 5.91 Å². The number of allylic oxidation sites excluding steroid dienone is 1. The van der Waals surface area contributed by atoms with Crippen molar-refractivity contribution in [3.05, 3.63) is 28.8 Å². The van der Waals surface area contributed by atoms with Crippen LogP contribution in [0.15, 0.2) is 17.4 Å². The number of ether oxygens (including phenoxy) is 1. The van der Waals surface area contributed by atoms with E-state index in [1.807, 2.05) is 24.8 Å². The number of nitrogens with zero attached hydrogens (tertiary/aromatic N) is 3. The van der Waals surface area contributed by atoms with Crippen LogP contribution in [0.25, 0.3) is 0 Å². The van der Waals surface area contributed by atoms with Gasteiger partial charge in [-0.2, -0.15) is 0 Å². The van der Waals surface area contributed by atoms with Crippen LogP contribution in [0.1, 0.15) is 51.9 Å². The summed E-state index contributed by atoms with van der Waals surface area (Å²) in [5.74, 6) is 1.55. The second kappa shape index (κ2) is 7.25. The molecule has 6 heteroatoms. The van der Waals surface area contributed by atoms with Crippen molar-refractivity contribution in [2.24, 2.45) is 5.41 Å². The highest BCUT2D eigenvalue weighted by Gasteiger charge is 2.37. The van der Waals surface area contributed by atoms with E-state index in [4.69, 9.17) is 4.74 Å². The summed E-state index contributed by atoms with van der Waals surface area (Å²) in [4.78, 5) is 24.1. The molecule has 1 aromatic rings. The largest absolute Gasteiger partial charge is 0.497 e. The Kier molecular flexibility index (Phi) is 5.21. The van der Waals surface area contributed by atoms with Crippen LogP contribution >= 0.6 is 0 Å². The van der Waals surface area contributed by atoms with E-state index in [1.54, 1.807) is 0 Å². The number of piperidine rings is 1. The topological polar surface area (TPSA) is 67.4 Å². The van der Waals surface area contributed by atoms with Crippen LogP contribution in [0.5, 0.6) is 0 Å². The minimum absolute atomic E-state index is 0.0386. The number of likely N-dealkylation sites (tertiary alicyclic amines) is 1. The van der Waals surface area contributed by atoms with Gasteiger partial charge in [-0.3, -0.25) is 4.79 Å². The highest BCUT2D eigenvalue weighted by molar-refractivity contribution is 5.94. The van der Waals surface area contributed by atoms with E-state index < -0.39 is 0 Å². The van der Waals surface area contributed by atoms with Gasteiger partial charge in [0.05, 0.1) is 12.2 Å². The predicted molar refractivity (Wildman–Crippen MR) is 102 cm³/mol. The Bertz CT molecular complexity index is 727. The lowest BCUT2D eigenvalue weighted by Crippen LogP contribution is -2.52. The fraction of sp³-hybridized carbons (Fsp3) is 0.650. The number of carbonyl (C=O) groups excluding carboxylic acids is 1. The van der Waals surface area contributed by atoms with Crippen LogP contribution in [0.3, 0.4) is 0 Å². The molecular formula is C20H30N4O2. The van der Waals surface area contributed by atoms with Crippen molar-refractivity contribution in [1.82, 2.24) is 14.9 Å². The zero-order chi connectivity index (χ0) is 18.9. The Morgan fingerprint density at radius 2 is 2.15 bits per heavy atom. The van der Waals surface area contributed by atoms with Gasteiger partial charge in [0.2, 0.25) is 5.95 Å². The van der Waals surface area contributed by atoms with Crippen molar-refractivity contribution >= 4 is 11.9 Å². The molecule has 1 amide bonds. The van der Waals surface area contributed by atoms with E-state index in [-0.39, 0.29) is 17.4 Å². The molecule has 2 aliphatic heterocycles. The summed E-state index contributed by atoms with van der Waals surface area (Å²) < 4.78 is 5.49. The van der Waals surface area contributed by atoms with Crippen molar-refractivity contribution in [2.45, 2.75) is 59.9 Å².